The van der Waals surface area contributed by atoms with Gasteiger partial charge in [0.1, 0.15) is 0 Å². The highest BCUT2D eigenvalue weighted by molar-refractivity contribution is 5.91. The molecule has 3 rings (SSSR count). The lowest BCUT2D eigenvalue weighted by Gasteiger charge is -2.26. The van der Waals surface area contributed by atoms with Crippen LogP contribution in [0.4, 0.5) is 5.69 Å². The van der Waals surface area contributed by atoms with E-state index in [4.69, 9.17) is 4.74 Å². The van der Waals surface area contributed by atoms with Crippen molar-refractivity contribution in [2.45, 2.75) is 31.7 Å². The number of benzene rings is 1. The van der Waals surface area contributed by atoms with Gasteiger partial charge in [0.15, 0.2) is 0 Å². The van der Waals surface area contributed by atoms with Crippen LogP contribution in [0.1, 0.15) is 24.8 Å². The number of hydrogen-bond donors (Lipinski definition) is 2. The highest BCUT2D eigenvalue weighted by atomic mass is 35.5. The summed E-state index contributed by atoms with van der Waals surface area (Å²) in [5, 5.41) is 6.25. The van der Waals surface area contributed by atoms with E-state index in [9.17, 15) is 9.59 Å². The Morgan fingerprint density at radius 3 is 2.56 bits per heavy atom. The highest BCUT2D eigenvalue weighted by Crippen LogP contribution is 2.14. The third-order valence-electron chi connectivity index (χ3n) is 4.55. The Labute approximate surface area is 154 Å². The normalized spacial score (nSPS) is 20.0. The number of amides is 2. The van der Waals surface area contributed by atoms with Crippen LogP contribution in [0.25, 0.3) is 0 Å². The molecule has 2 saturated heterocycles. The summed E-state index contributed by atoms with van der Waals surface area (Å²) >= 11 is 0. The van der Waals surface area contributed by atoms with Gasteiger partial charge in [0.2, 0.25) is 11.8 Å². The minimum Gasteiger partial charge on any atom is -0.378 e. The SMILES string of the molecule is Cl.O=C(CC1CCCN1)Nc1ccc(CC(=O)N2CCOCC2)cc1. The van der Waals surface area contributed by atoms with Gasteiger partial charge in [-0.1, -0.05) is 12.1 Å². The predicted octanol–water partition coefficient (Wildman–Crippen LogP) is 1.59. The van der Waals surface area contributed by atoms with E-state index < -0.39 is 0 Å². The zero-order chi connectivity index (χ0) is 16.8. The summed E-state index contributed by atoms with van der Waals surface area (Å²) in [5.41, 5.74) is 1.74. The van der Waals surface area contributed by atoms with Gasteiger partial charge in [-0.15, -0.1) is 12.4 Å². The van der Waals surface area contributed by atoms with Crippen molar-refractivity contribution >= 4 is 29.9 Å². The van der Waals surface area contributed by atoms with Crippen molar-refractivity contribution in [1.29, 1.82) is 0 Å². The number of nitrogens with one attached hydrogen (secondary N) is 2. The van der Waals surface area contributed by atoms with Crippen LogP contribution in [0, 0.1) is 0 Å². The maximum Gasteiger partial charge on any atom is 0.227 e. The molecule has 2 aliphatic heterocycles. The Morgan fingerprint density at radius 1 is 1.20 bits per heavy atom. The summed E-state index contributed by atoms with van der Waals surface area (Å²) < 4.78 is 5.26. The molecular weight excluding hydrogens is 342 g/mol. The molecule has 1 atom stereocenters. The Bertz CT molecular complexity index is 567. The summed E-state index contributed by atoms with van der Waals surface area (Å²) in [6.07, 6.45) is 3.11. The topological polar surface area (TPSA) is 70.7 Å². The minimum atomic E-state index is 0. The first kappa shape index (κ1) is 19.7. The molecule has 0 bridgehead atoms. The zero-order valence-electron chi connectivity index (χ0n) is 14.3. The van der Waals surface area contributed by atoms with E-state index in [-0.39, 0.29) is 24.2 Å². The second-order valence-electron chi connectivity index (χ2n) is 6.41. The Morgan fingerprint density at radius 2 is 1.92 bits per heavy atom. The summed E-state index contributed by atoms with van der Waals surface area (Å²) in [5.74, 6) is 0.161. The number of anilines is 1. The molecular formula is C18H26ClN3O3. The van der Waals surface area contributed by atoms with Crippen LogP contribution >= 0.6 is 12.4 Å². The molecule has 2 N–H and O–H groups in total. The van der Waals surface area contributed by atoms with Crippen molar-refractivity contribution in [3.8, 4) is 0 Å². The fourth-order valence-corrected chi connectivity index (χ4v) is 3.17. The molecule has 1 unspecified atom stereocenters. The smallest absolute Gasteiger partial charge is 0.227 e. The Kier molecular flexibility index (Phi) is 7.68. The Balaban J connectivity index is 0.00000225. The number of ether oxygens (including phenoxy) is 1. The molecule has 2 amide bonds. The first-order valence-corrected chi connectivity index (χ1v) is 8.68. The van der Waals surface area contributed by atoms with Crippen LogP contribution in [-0.4, -0.2) is 55.6 Å². The first-order chi connectivity index (χ1) is 11.7. The van der Waals surface area contributed by atoms with Gasteiger partial charge in [0.05, 0.1) is 19.6 Å². The summed E-state index contributed by atoms with van der Waals surface area (Å²) in [4.78, 5) is 26.1. The number of rotatable bonds is 5. The number of hydrogen-bond acceptors (Lipinski definition) is 4. The van der Waals surface area contributed by atoms with Gasteiger partial charge in [-0.2, -0.15) is 0 Å². The fraction of sp³-hybridized carbons (Fsp3) is 0.556. The van der Waals surface area contributed by atoms with E-state index in [0.717, 1.165) is 30.6 Å². The molecule has 6 nitrogen and oxygen atoms in total. The van der Waals surface area contributed by atoms with E-state index in [1.165, 1.54) is 0 Å². The summed E-state index contributed by atoms with van der Waals surface area (Å²) in [6.45, 7) is 3.58. The van der Waals surface area contributed by atoms with Crippen LogP contribution < -0.4 is 10.6 Å². The molecule has 25 heavy (non-hydrogen) atoms. The molecule has 1 aromatic rings. The van der Waals surface area contributed by atoms with E-state index in [0.29, 0.717) is 45.2 Å². The van der Waals surface area contributed by atoms with Gasteiger partial charge in [-0.3, -0.25) is 9.59 Å². The molecule has 0 spiro atoms. The second-order valence-corrected chi connectivity index (χ2v) is 6.41. The van der Waals surface area contributed by atoms with Crippen LogP contribution in [-0.2, 0) is 20.7 Å². The van der Waals surface area contributed by atoms with Crippen molar-refractivity contribution < 1.29 is 14.3 Å². The standard InChI is InChI=1S/C18H25N3O3.ClH/c22-17(13-16-2-1-7-19-16)20-15-5-3-14(4-6-15)12-18(23)21-8-10-24-11-9-21;/h3-6,16,19H,1-2,7-13H2,(H,20,22);1H. The molecule has 2 fully saturated rings. The van der Waals surface area contributed by atoms with Gasteiger partial charge < -0.3 is 20.3 Å². The number of morpholine rings is 1. The van der Waals surface area contributed by atoms with E-state index in [1.807, 2.05) is 29.2 Å². The molecule has 0 saturated carbocycles. The average molecular weight is 368 g/mol. The molecule has 2 aliphatic rings. The molecule has 0 aliphatic carbocycles. The third-order valence-corrected chi connectivity index (χ3v) is 4.55. The highest BCUT2D eigenvalue weighted by Gasteiger charge is 2.18. The molecule has 2 heterocycles. The maximum atomic E-state index is 12.2. The van der Waals surface area contributed by atoms with Gasteiger partial charge in [0, 0.05) is 31.2 Å². The lowest BCUT2D eigenvalue weighted by atomic mass is 10.1. The van der Waals surface area contributed by atoms with Gasteiger partial charge in [-0.05, 0) is 37.1 Å². The summed E-state index contributed by atoms with van der Waals surface area (Å²) in [7, 11) is 0. The Hall–Kier alpha value is -1.63. The largest absolute Gasteiger partial charge is 0.378 e. The number of carbonyl (C=O) groups excluding carboxylic acids is 2. The first-order valence-electron chi connectivity index (χ1n) is 8.68. The van der Waals surface area contributed by atoms with Gasteiger partial charge in [0.25, 0.3) is 0 Å². The number of halogens is 1. The fourth-order valence-electron chi connectivity index (χ4n) is 3.17. The van der Waals surface area contributed by atoms with E-state index in [2.05, 4.69) is 10.6 Å². The zero-order valence-corrected chi connectivity index (χ0v) is 15.1. The van der Waals surface area contributed by atoms with Crippen LogP contribution in [0.15, 0.2) is 24.3 Å². The molecule has 0 aromatic heterocycles. The van der Waals surface area contributed by atoms with E-state index >= 15 is 0 Å². The van der Waals surface area contributed by atoms with Crippen molar-refractivity contribution in [2.75, 3.05) is 38.2 Å². The molecule has 7 heteroatoms. The predicted molar refractivity (Wildman–Crippen MR) is 99.1 cm³/mol. The third kappa shape index (κ3) is 5.99. The number of nitrogens with zero attached hydrogens (tertiary/aromatic N) is 1. The van der Waals surface area contributed by atoms with Crippen LogP contribution in [0.3, 0.4) is 0 Å². The molecule has 1 aromatic carbocycles. The van der Waals surface area contributed by atoms with Crippen molar-refractivity contribution in [2.24, 2.45) is 0 Å². The quantitative estimate of drug-likeness (QED) is 0.829. The van der Waals surface area contributed by atoms with Gasteiger partial charge in [-0.25, -0.2) is 0 Å². The maximum absolute atomic E-state index is 12.2. The van der Waals surface area contributed by atoms with Crippen LogP contribution in [0.2, 0.25) is 0 Å². The van der Waals surface area contributed by atoms with Crippen molar-refractivity contribution in [3.05, 3.63) is 29.8 Å². The lowest BCUT2D eigenvalue weighted by molar-refractivity contribution is -0.134. The minimum absolute atomic E-state index is 0. The second kappa shape index (κ2) is 9.75. The van der Waals surface area contributed by atoms with Crippen LogP contribution in [0.5, 0.6) is 0 Å². The van der Waals surface area contributed by atoms with E-state index in [1.54, 1.807) is 0 Å². The summed E-state index contributed by atoms with van der Waals surface area (Å²) in [6, 6.07) is 7.84. The average Bonchev–Trinajstić information content (AvgIpc) is 3.10. The van der Waals surface area contributed by atoms with Crippen molar-refractivity contribution in [3.63, 3.8) is 0 Å². The molecule has 138 valence electrons. The molecule has 0 radical (unpaired) electrons. The van der Waals surface area contributed by atoms with Gasteiger partial charge >= 0.3 is 0 Å². The monoisotopic (exact) mass is 367 g/mol. The lowest BCUT2D eigenvalue weighted by Crippen LogP contribution is -2.41. The number of carbonyl (C=O) groups is 2. The van der Waals surface area contributed by atoms with Crippen molar-refractivity contribution in [1.82, 2.24) is 10.2 Å².